The third kappa shape index (κ3) is 2.97. The van der Waals surface area contributed by atoms with Crippen LogP contribution < -0.4 is 0 Å². The van der Waals surface area contributed by atoms with Crippen molar-refractivity contribution in [3.05, 3.63) is 29.8 Å². The van der Waals surface area contributed by atoms with Gasteiger partial charge in [-0.3, -0.25) is 0 Å². The quantitative estimate of drug-likeness (QED) is 0.839. The molecule has 1 saturated heterocycles. The Labute approximate surface area is 115 Å². The third-order valence-electron chi connectivity index (χ3n) is 3.08. The second-order valence-corrected chi connectivity index (χ2v) is 6.45. The van der Waals surface area contributed by atoms with Crippen LogP contribution in [0.15, 0.2) is 29.2 Å². The first-order chi connectivity index (χ1) is 9.23. The molecular weight excluding hydrogens is 295 g/mol. The van der Waals surface area contributed by atoms with Gasteiger partial charge in [0.05, 0.1) is 18.1 Å². The van der Waals surface area contributed by atoms with Gasteiger partial charge in [-0.1, -0.05) is 17.7 Å². The van der Waals surface area contributed by atoms with Gasteiger partial charge in [0, 0.05) is 6.54 Å². The Bertz CT molecular complexity index is 569. The predicted octanol–water partition coefficient (Wildman–Crippen LogP) is 1.95. The van der Waals surface area contributed by atoms with Gasteiger partial charge in [-0.2, -0.15) is 17.5 Å². The Morgan fingerprint density at radius 1 is 1.25 bits per heavy atom. The lowest BCUT2D eigenvalue weighted by molar-refractivity contribution is -0.196. The van der Waals surface area contributed by atoms with E-state index in [1.807, 2.05) is 0 Å². The van der Waals surface area contributed by atoms with Crippen molar-refractivity contribution in [3.63, 3.8) is 0 Å². The zero-order chi connectivity index (χ0) is 15.0. The van der Waals surface area contributed by atoms with Crippen molar-refractivity contribution >= 4 is 10.0 Å². The first-order valence-corrected chi connectivity index (χ1v) is 7.40. The minimum absolute atomic E-state index is 0.0440. The summed E-state index contributed by atoms with van der Waals surface area (Å²) >= 11 is 0. The molecule has 1 fully saturated rings. The van der Waals surface area contributed by atoms with E-state index in [9.17, 15) is 21.6 Å². The maximum absolute atomic E-state index is 12.9. The SMILES string of the molecule is Cc1ccc(S(=O)(=O)N2CCOCC2C(F)(F)F)cc1. The summed E-state index contributed by atoms with van der Waals surface area (Å²) in [5, 5.41) is 0. The van der Waals surface area contributed by atoms with Crippen LogP contribution in [0.1, 0.15) is 5.56 Å². The predicted molar refractivity (Wildman–Crippen MR) is 65.7 cm³/mol. The molecule has 8 heteroatoms. The molecule has 1 unspecified atom stereocenters. The van der Waals surface area contributed by atoms with Crippen molar-refractivity contribution < 1.29 is 26.3 Å². The van der Waals surface area contributed by atoms with E-state index in [1.165, 1.54) is 12.1 Å². The number of benzene rings is 1. The molecule has 20 heavy (non-hydrogen) atoms. The molecule has 0 amide bonds. The molecule has 1 aliphatic heterocycles. The molecule has 1 atom stereocenters. The Balaban J connectivity index is 2.38. The number of ether oxygens (including phenoxy) is 1. The summed E-state index contributed by atoms with van der Waals surface area (Å²) in [5.74, 6) is 0. The second-order valence-electron chi connectivity index (χ2n) is 4.56. The number of sulfonamides is 1. The molecular formula is C12H14F3NO3S. The van der Waals surface area contributed by atoms with Crippen LogP contribution in [0.5, 0.6) is 0 Å². The van der Waals surface area contributed by atoms with Crippen LogP contribution in [0.25, 0.3) is 0 Å². The van der Waals surface area contributed by atoms with Gasteiger partial charge in [0.1, 0.15) is 6.04 Å². The lowest BCUT2D eigenvalue weighted by atomic mass is 10.2. The van der Waals surface area contributed by atoms with Gasteiger partial charge in [0.2, 0.25) is 10.0 Å². The molecule has 2 rings (SSSR count). The molecule has 0 aromatic heterocycles. The molecule has 0 aliphatic carbocycles. The molecule has 0 N–H and O–H groups in total. The van der Waals surface area contributed by atoms with Gasteiger partial charge in [-0.15, -0.1) is 0 Å². The summed E-state index contributed by atoms with van der Waals surface area (Å²) in [7, 11) is -4.18. The number of aryl methyl sites for hydroxylation is 1. The van der Waals surface area contributed by atoms with Gasteiger partial charge in [-0.25, -0.2) is 8.42 Å². The number of morpholine rings is 1. The van der Waals surface area contributed by atoms with Crippen LogP contribution in [-0.2, 0) is 14.8 Å². The van der Waals surface area contributed by atoms with E-state index < -0.39 is 28.8 Å². The molecule has 1 aliphatic rings. The standard InChI is InChI=1S/C12H14F3NO3S/c1-9-2-4-10(5-3-9)20(17,18)16-6-7-19-8-11(16)12(13,14)15/h2-5,11H,6-8H2,1H3. The van der Waals surface area contributed by atoms with Crippen molar-refractivity contribution in [1.82, 2.24) is 4.31 Å². The molecule has 1 heterocycles. The maximum Gasteiger partial charge on any atom is 0.407 e. The van der Waals surface area contributed by atoms with Crippen LogP contribution in [0.4, 0.5) is 13.2 Å². The molecule has 1 aromatic rings. The summed E-state index contributed by atoms with van der Waals surface area (Å²) in [6.45, 7) is 0.746. The van der Waals surface area contributed by atoms with E-state index in [4.69, 9.17) is 4.74 Å². The van der Waals surface area contributed by atoms with E-state index in [-0.39, 0.29) is 18.0 Å². The van der Waals surface area contributed by atoms with E-state index in [0.29, 0.717) is 4.31 Å². The fourth-order valence-corrected chi connectivity index (χ4v) is 3.56. The molecule has 0 saturated carbocycles. The number of halogens is 3. The lowest BCUT2D eigenvalue weighted by Gasteiger charge is -2.35. The summed E-state index contributed by atoms with van der Waals surface area (Å²) in [5.41, 5.74) is 0.832. The van der Waals surface area contributed by atoms with Crippen molar-refractivity contribution in [2.45, 2.75) is 24.0 Å². The highest BCUT2D eigenvalue weighted by Crippen LogP contribution is 2.31. The van der Waals surface area contributed by atoms with E-state index in [2.05, 4.69) is 0 Å². The first-order valence-electron chi connectivity index (χ1n) is 5.96. The number of alkyl halides is 3. The average molecular weight is 309 g/mol. The minimum atomic E-state index is -4.65. The summed E-state index contributed by atoms with van der Waals surface area (Å²) in [6, 6.07) is 3.59. The second kappa shape index (κ2) is 5.34. The van der Waals surface area contributed by atoms with Crippen molar-refractivity contribution in [2.75, 3.05) is 19.8 Å². The summed E-state index contributed by atoms with van der Waals surface area (Å²) < 4.78 is 68.6. The average Bonchev–Trinajstić information content (AvgIpc) is 2.38. The lowest BCUT2D eigenvalue weighted by Crippen LogP contribution is -2.55. The Kier molecular flexibility index (Phi) is 4.08. The fraction of sp³-hybridized carbons (Fsp3) is 0.500. The maximum atomic E-state index is 12.9. The molecule has 0 radical (unpaired) electrons. The number of nitrogens with zero attached hydrogens (tertiary/aromatic N) is 1. The number of hydrogen-bond donors (Lipinski definition) is 0. The first kappa shape index (κ1) is 15.3. The molecule has 0 bridgehead atoms. The van der Waals surface area contributed by atoms with Gasteiger partial charge in [0.25, 0.3) is 0 Å². The van der Waals surface area contributed by atoms with Crippen LogP contribution in [0, 0.1) is 6.92 Å². The van der Waals surface area contributed by atoms with Crippen LogP contribution in [0.2, 0.25) is 0 Å². The fourth-order valence-electron chi connectivity index (χ4n) is 1.98. The van der Waals surface area contributed by atoms with E-state index in [0.717, 1.165) is 5.56 Å². The third-order valence-corrected chi connectivity index (χ3v) is 5.01. The Morgan fingerprint density at radius 2 is 1.85 bits per heavy atom. The van der Waals surface area contributed by atoms with Crippen LogP contribution in [0.3, 0.4) is 0 Å². The minimum Gasteiger partial charge on any atom is -0.378 e. The molecule has 1 aromatic carbocycles. The van der Waals surface area contributed by atoms with Crippen molar-refractivity contribution in [3.8, 4) is 0 Å². The van der Waals surface area contributed by atoms with Gasteiger partial charge < -0.3 is 4.74 Å². The van der Waals surface area contributed by atoms with E-state index in [1.54, 1.807) is 19.1 Å². The van der Waals surface area contributed by atoms with Crippen LogP contribution >= 0.6 is 0 Å². The summed E-state index contributed by atoms with van der Waals surface area (Å²) in [4.78, 5) is -0.140. The zero-order valence-corrected chi connectivity index (χ0v) is 11.5. The van der Waals surface area contributed by atoms with Crippen molar-refractivity contribution in [2.24, 2.45) is 0 Å². The number of rotatable bonds is 2. The van der Waals surface area contributed by atoms with Gasteiger partial charge >= 0.3 is 6.18 Å². The molecule has 4 nitrogen and oxygen atoms in total. The zero-order valence-electron chi connectivity index (χ0n) is 10.7. The summed E-state index contributed by atoms with van der Waals surface area (Å²) in [6.07, 6.45) is -4.65. The Hall–Kier alpha value is -1.12. The smallest absolute Gasteiger partial charge is 0.378 e. The van der Waals surface area contributed by atoms with Gasteiger partial charge in [-0.05, 0) is 19.1 Å². The number of hydrogen-bond acceptors (Lipinski definition) is 3. The Morgan fingerprint density at radius 3 is 2.40 bits per heavy atom. The van der Waals surface area contributed by atoms with Gasteiger partial charge in [0.15, 0.2) is 0 Å². The highest BCUT2D eigenvalue weighted by atomic mass is 32.2. The highest BCUT2D eigenvalue weighted by Gasteiger charge is 2.49. The van der Waals surface area contributed by atoms with Crippen molar-refractivity contribution in [1.29, 1.82) is 0 Å². The monoisotopic (exact) mass is 309 g/mol. The highest BCUT2D eigenvalue weighted by molar-refractivity contribution is 7.89. The normalized spacial score (nSPS) is 21.9. The molecule has 112 valence electrons. The largest absolute Gasteiger partial charge is 0.407 e. The van der Waals surface area contributed by atoms with Crippen LogP contribution in [-0.4, -0.2) is 44.7 Å². The van der Waals surface area contributed by atoms with E-state index >= 15 is 0 Å². The molecule has 0 spiro atoms. The topological polar surface area (TPSA) is 46.6 Å².